The highest BCUT2D eigenvalue weighted by Crippen LogP contribution is 2.34. The monoisotopic (exact) mass is 401 g/mol. The number of pyridine rings is 1. The molecule has 0 radical (unpaired) electrons. The van der Waals surface area contributed by atoms with Crippen molar-refractivity contribution >= 4 is 5.82 Å². The third-order valence-electron chi connectivity index (χ3n) is 5.11. The zero-order valence-electron chi connectivity index (χ0n) is 16.0. The van der Waals surface area contributed by atoms with Crippen LogP contribution in [0, 0.1) is 17.1 Å². The molecule has 3 aromatic heterocycles. The molecular weight excluding hydrogens is 385 g/mol. The van der Waals surface area contributed by atoms with Crippen molar-refractivity contribution in [3.05, 3.63) is 71.8 Å². The molecule has 0 unspecified atom stereocenters. The highest BCUT2D eigenvalue weighted by molar-refractivity contribution is 5.69. The minimum atomic E-state index is -0.535. The number of halogens is 1. The van der Waals surface area contributed by atoms with Gasteiger partial charge in [0, 0.05) is 23.5 Å². The van der Waals surface area contributed by atoms with E-state index in [0.29, 0.717) is 34.8 Å². The number of hydrogen-bond acceptors (Lipinski definition) is 6. The average Bonchev–Trinajstić information content (AvgIpc) is 3.36. The first-order valence-corrected chi connectivity index (χ1v) is 9.25. The molecular formula is C21H16FN7O. The van der Waals surface area contributed by atoms with Gasteiger partial charge in [0.15, 0.2) is 17.3 Å². The molecule has 0 spiro atoms. The molecule has 0 amide bonds. The predicted octanol–water partition coefficient (Wildman–Crippen LogP) is 3.23. The quantitative estimate of drug-likeness (QED) is 0.485. The van der Waals surface area contributed by atoms with E-state index in [4.69, 9.17) is 10.5 Å². The van der Waals surface area contributed by atoms with Gasteiger partial charge in [-0.3, -0.25) is 0 Å². The topological polar surface area (TPSA) is 108 Å². The number of nitrogens with zero attached hydrogens (tertiary/aromatic N) is 6. The van der Waals surface area contributed by atoms with E-state index in [9.17, 15) is 9.65 Å². The minimum Gasteiger partial charge on any atom is -0.482 e. The van der Waals surface area contributed by atoms with Crippen molar-refractivity contribution in [3.8, 4) is 28.8 Å². The lowest BCUT2D eigenvalue weighted by Crippen LogP contribution is -2.15. The Morgan fingerprint density at radius 3 is 2.97 bits per heavy atom. The van der Waals surface area contributed by atoms with E-state index >= 15 is 0 Å². The Morgan fingerprint density at radius 2 is 2.13 bits per heavy atom. The van der Waals surface area contributed by atoms with Crippen molar-refractivity contribution in [2.75, 3.05) is 5.73 Å². The van der Waals surface area contributed by atoms with E-state index in [1.807, 2.05) is 17.6 Å². The molecule has 0 fully saturated rings. The molecule has 0 aliphatic carbocycles. The smallest absolute Gasteiger partial charge is 0.166 e. The molecule has 1 atom stereocenters. The maximum absolute atomic E-state index is 14.1. The second-order valence-electron chi connectivity index (χ2n) is 6.99. The number of nitriles is 1. The van der Waals surface area contributed by atoms with Gasteiger partial charge >= 0.3 is 0 Å². The van der Waals surface area contributed by atoms with Crippen LogP contribution in [0.3, 0.4) is 0 Å². The number of aromatic nitrogens is 5. The zero-order chi connectivity index (χ0) is 20.8. The van der Waals surface area contributed by atoms with Crippen molar-refractivity contribution in [1.29, 1.82) is 5.26 Å². The summed E-state index contributed by atoms with van der Waals surface area (Å²) in [6.45, 7) is 2.21. The summed E-state index contributed by atoms with van der Waals surface area (Å²) in [4.78, 5) is 8.47. The molecule has 1 aliphatic rings. The fraction of sp³-hybridized carbons (Fsp3) is 0.143. The summed E-state index contributed by atoms with van der Waals surface area (Å²) >= 11 is 0. The fourth-order valence-corrected chi connectivity index (χ4v) is 3.71. The maximum Gasteiger partial charge on any atom is 0.166 e. The van der Waals surface area contributed by atoms with Crippen LogP contribution in [0.5, 0.6) is 5.75 Å². The Kier molecular flexibility index (Phi) is 3.99. The summed E-state index contributed by atoms with van der Waals surface area (Å²) in [6, 6.07) is 10.2. The van der Waals surface area contributed by atoms with Crippen LogP contribution in [0.1, 0.15) is 30.0 Å². The summed E-state index contributed by atoms with van der Waals surface area (Å²) < 4.78 is 23.8. The molecule has 5 rings (SSSR count). The van der Waals surface area contributed by atoms with E-state index in [1.54, 1.807) is 35.5 Å². The molecule has 2 bridgehead atoms. The van der Waals surface area contributed by atoms with Gasteiger partial charge in [0.05, 0.1) is 29.9 Å². The molecule has 0 saturated carbocycles. The molecule has 9 heteroatoms. The number of nitrogens with two attached hydrogens (primary N) is 1. The summed E-state index contributed by atoms with van der Waals surface area (Å²) in [7, 11) is 0. The number of anilines is 1. The lowest BCUT2D eigenvalue weighted by Gasteiger charge is -2.22. The third-order valence-corrected chi connectivity index (χ3v) is 5.11. The lowest BCUT2D eigenvalue weighted by atomic mass is 10.1. The number of ether oxygens (including phenoxy) is 1. The van der Waals surface area contributed by atoms with Crippen LogP contribution in [0.4, 0.5) is 10.2 Å². The van der Waals surface area contributed by atoms with Crippen LogP contribution < -0.4 is 10.5 Å². The molecule has 148 valence electrons. The Labute approximate surface area is 171 Å². The van der Waals surface area contributed by atoms with Crippen molar-refractivity contribution in [1.82, 2.24) is 24.3 Å². The van der Waals surface area contributed by atoms with Gasteiger partial charge in [0.1, 0.15) is 18.0 Å². The van der Waals surface area contributed by atoms with Gasteiger partial charge in [-0.1, -0.05) is 0 Å². The first kappa shape index (κ1) is 17.9. The first-order chi connectivity index (χ1) is 14.5. The number of nitrogen functional groups attached to an aromatic ring is 1. The van der Waals surface area contributed by atoms with E-state index in [1.165, 1.54) is 12.1 Å². The van der Waals surface area contributed by atoms with Crippen LogP contribution in [0.25, 0.3) is 16.9 Å². The van der Waals surface area contributed by atoms with Gasteiger partial charge in [-0.2, -0.15) is 10.4 Å². The van der Waals surface area contributed by atoms with Gasteiger partial charge < -0.3 is 15.0 Å². The zero-order valence-corrected chi connectivity index (χ0v) is 16.0. The Balaban J connectivity index is 1.81. The molecule has 4 aromatic rings. The van der Waals surface area contributed by atoms with Crippen molar-refractivity contribution < 1.29 is 9.13 Å². The van der Waals surface area contributed by atoms with Crippen molar-refractivity contribution in [2.24, 2.45) is 0 Å². The largest absolute Gasteiger partial charge is 0.482 e. The summed E-state index contributed by atoms with van der Waals surface area (Å²) in [6.07, 6.45) is 4.32. The van der Waals surface area contributed by atoms with Crippen LogP contribution >= 0.6 is 0 Å². The fourth-order valence-electron chi connectivity index (χ4n) is 3.71. The SMILES string of the molecule is C[C@@H]1Oc2cc(cnc2N)-c2c(C#N)ncn2Cc2ccnn2-c2ccc(F)cc21. The maximum atomic E-state index is 14.1. The lowest BCUT2D eigenvalue weighted by molar-refractivity contribution is 0.226. The Morgan fingerprint density at radius 1 is 1.27 bits per heavy atom. The molecule has 1 aromatic carbocycles. The van der Waals surface area contributed by atoms with Crippen LogP contribution in [-0.4, -0.2) is 24.3 Å². The number of hydrogen-bond donors (Lipinski definition) is 1. The van der Waals surface area contributed by atoms with Gasteiger partial charge in [-0.15, -0.1) is 0 Å². The predicted molar refractivity (Wildman–Crippen MR) is 106 cm³/mol. The van der Waals surface area contributed by atoms with Gasteiger partial charge in [-0.25, -0.2) is 19.0 Å². The highest BCUT2D eigenvalue weighted by atomic mass is 19.1. The minimum absolute atomic E-state index is 0.199. The Hall–Kier alpha value is -4.19. The first-order valence-electron chi connectivity index (χ1n) is 9.25. The van der Waals surface area contributed by atoms with E-state index in [0.717, 1.165) is 5.69 Å². The third kappa shape index (κ3) is 2.78. The number of rotatable bonds is 0. The van der Waals surface area contributed by atoms with E-state index < -0.39 is 6.10 Å². The van der Waals surface area contributed by atoms with Gasteiger partial charge in [0.2, 0.25) is 0 Å². The molecule has 2 N–H and O–H groups in total. The van der Waals surface area contributed by atoms with E-state index in [-0.39, 0.29) is 17.3 Å². The summed E-state index contributed by atoms with van der Waals surface area (Å²) in [5.74, 6) is 0.165. The average molecular weight is 401 g/mol. The molecule has 0 saturated heterocycles. The number of imidazole rings is 1. The van der Waals surface area contributed by atoms with Gasteiger partial charge in [-0.05, 0) is 37.3 Å². The second-order valence-corrected chi connectivity index (χ2v) is 6.99. The van der Waals surface area contributed by atoms with E-state index in [2.05, 4.69) is 21.1 Å². The standard InChI is InChI=1S/C21H16FN7O/c1-12-16-7-14(22)2-3-18(16)29-15(4-5-27-29)10-28-11-26-17(8-23)20(28)13-6-19(30-12)21(24)25-9-13/h2-7,9,11-12H,10H2,1H3,(H2,24,25)/t12-/m0/s1. The van der Waals surface area contributed by atoms with Gasteiger partial charge in [0.25, 0.3) is 0 Å². The molecule has 8 nitrogen and oxygen atoms in total. The normalized spacial score (nSPS) is 14.9. The van der Waals surface area contributed by atoms with Crippen molar-refractivity contribution in [3.63, 3.8) is 0 Å². The summed E-state index contributed by atoms with van der Waals surface area (Å²) in [5.41, 5.74) is 9.70. The Bertz CT molecular complexity index is 1320. The molecule has 4 heterocycles. The van der Waals surface area contributed by atoms with Crippen LogP contribution in [-0.2, 0) is 6.54 Å². The van der Waals surface area contributed by atoms with Crippen LogP contribution in [0.15, 0.2) is 49.1 Å². The molecule has 1 aliphatic heterocycles. The number of benzene rings is 1. The molecule has 30 heavy (non-hydrogen) atoms. The second kappa shape index (κ2) is 6.70. The van der Waals surface area contributed by atoms with Crippen LogP contribution in [0.2, 0.25) is 0 Å². The number of fused-ring (bicyclic) bond motifs is 7. The van der Waals surface area contributed by atoms with Crippen molar-refractivity contribution in [2.45, 2.75) is 19.6 Å². The highest BCUT2D eigenvalue weighted by Gasteiger charge is 2.22. The summed E-state index contributed by atoms with van der Waals surface area (Å²) in [5, 5.41) is 14.0.